The van der Waals surface area contributed by atoms with Gasteiger partial charge in [0.15, 0.2) is 20.7 Å². The zero-order valence-corrected chi connectivity index (χ0v) is 29.2. The number of nitrogens with zero attached hydrogens (tertiary/aromatic N) is 2. The summed E-state index contributed by atoms with van der Waals surface area (Å²) in [5, 5.41) is 1.60. The number of aromatic nitrogens is 2. The Kier molecular flexibility index (Phi) is 9.53. The highest BCUT2D eigenvalue weighted by Gasteiger charge is 2.61. The number of nitrogens with two attached hydrogens (primary N) is 1. The Morgan fingerprint density at radius 2 is 1.51 bits per heavy atom. The number of ether oxygens (including phenoxy) is 1. The third-order valence-corrected chi connectivity index (χ3v) is 18.9. The summed E-state index contributed by atoms with van der Waals surface area (Å²) in [7, 11) is -5.60. The molecular weight excluding hydrogens is 601 g/mol. The fraction of sp³-hybridized carbons (Fsp3) is 0.500. The van der Waals surface area contributed by atoms with E-state index in [2.05, 4.69) is 83.9 Å². The van der Waals surface area contributed by atoms with Crippen LogP contribution in [-0.4, -0.2) is 56.5 Å². The van der Waals surface area contributed by atoms with Crippen LogP contribution in [0, 0.1) is 0 Å². The predicted octanol–water partition coefficient (Wildman–Crippen LogP) is 5.64. The summed E-state index contributed by atoms with van der Waals surface area (Å²) in [6.45, 7) is 16.9. The summed E-state index contributed by atoms with van der Waals surface area (Å²) < 4.78 is 38.5. The zero-order chi connectivity index (χ0) is 31.8. The first-order valence-corrected chi connectivity index (χ1v) is 20.0. The molecule has 7 nitrogen and oxygen atoms in total. The van der Waals surface area contributed by atoms with Gasteiger partial charge in [-0.3, -0.25) is 4.57 Å². The van der Waals surface area contributed by atoms with Crippen molar-refractivity contribution in [3.63, 3.8) is 0 Å². The topological polar surface area (TPSA) is 88.6 Å². The van der Waals surface area contributed by atoms with Crippen LogP contribution in [0.15, 0.2) is 77.7 Å². The molecule has 3 aromatic rings. The lowest BCUT2D eigenvalue weighted by molar-refractivity contribution is -0.109. The number of hydrogen-bond acceptors (Lipinski definition) is 6. The lowest BCUT2D eigenvalue weighted by Crippen LogP contribution is -2.68. The van der Waals surface area contributed by atoms with Crippen molar-refractivity contribution >= 4 is 44.4 Å². The molecule has 0 saturated carbocycles. The average Bonchev–Trinajstić information content (AvgIpc) is 3.20. The van der Waals surface area contributed by atoms with Crippen molar-refractivity contribution in [1.29, 1.82) is 0 Å². The van der Waals surface area contributed by atoms with Crippen molar-refractivity contribution in [1.82, 2.24) is 9.55 Å². The quantitative estimate of drug-likeness (QED) is 0.240. The van der Waals surface area contributed by atoms with Crippen LogP contribution in [-0.2, 0) is 13.6 Å². The van der Waals surface area contributed by atoms with Crippen LogP contribution in [0.4, 0.5) is 10.2 Å². The Morgan fingerprint density at radius 3 is 1.95 bits per heavy atom. The number of alkyl halides is 2. The summed E-state index contributed by atoms with van der Waals surface area (Å²) in [6, 6.07) is 21.8. The maximum absolute atomic E-state index is 16.8. The van der Waals surface area contributed by atoms with Gasteiger partial charge in [-0.25, -0.2) is 9.18 Å². The number of hydrogen-bond donors (Lipinski definition) is 1. The monoisotopic (exact) mass is 645 g/mol. The molecule has 234 valence electrons. The van der Waals surface area contributed by atoms with E-state index in [0.29, 0.717) is 0 Å². The van der Waals surface area contributed by atoms with E-state index >= 15 is 4.39 Å². The van der Waals surface area contributed by atoms with Crippen LogP contribution in [0.5, 0.6) is 0 Å². The minimum Gasteiger partial charge on any atom is -0.408 e. The maximum Gasteiger partial charge on any atom is 0.351 e. The number of benzene rings is 2. The molecule has 1 fully saturated rings. The number of nitrogen functional groups attached to an aromatic ring is 1. The predicted molar refractivity (Wildman–Crippen MR) is 177 cm³/mol. The molecule has 1 saturated heterocycles. The van der Waals surface area contributed by atoms with E-state index in [0.717, 1.165) is 14.9 Å². The van der Waals surface area contributed by atoms with E-state index in [1.54, 1.807) is 0 Å². The van der Waals surface area contributed by atoms with E-state index < -0.39 is 46.4 Å². The summed E-state index contributed by atoms with van der Waals surface area (Å²) in [5.74, 6) is -0.0687. The Hall–Kier alpha value is -2.35. The lowest BCUT2D eigenvalue weighted by atomic mass is 9.99. The molecule has 1 aliphatic rings. The molecule has 1 aliphatic heterocycles. The first-order chi connectivity index (χ1) is 20.0. The fourth-order valence-corrected chi connectivity index (χ4v) is 11.8. The van der Waals surface area contributed by atoms with Crippen LogP contribution in [0.3, 0.4) is 0 Å². The molecule has 11 heteroatoms. The molecule has 0 bridgehead atoms. The second-order valence-electron chi connectivity index (χ2n) is 13.9. The summed E-state index contributed by atoms with van der Waals surface area (Å²) in [4.78, 5) is 16.7. The van der Waals surface area contributed by atoms with Gasteiger partial charge < -0.3 is 19.3 Å². The van der Waals surface area contributed by atoms with E-state index in [4.69, 9.17) is 30.9 Å². The molecule has 2 unspecified atom stereocenters. The van der Waals surface area contributed by atoms with Gasteiger partial charge in [0.05, 0.1) is 12.5 Å². The number of halogens is 2. The lowest BCUT2D eigenvalue weighted by Gasteiger charge is -2.47. The van der Waals surface area contributed by atoms with Crippen LogP contribution in [0.1, 0.15) is 47.8 Å². The minimum absolute atomic E-state index is 0.0438. The summed E-state index contributed by atoms with van der Waals surface area (Å²) >= 11 is 6.78. The minimum atomic E-state index is -3.05. The number of rotatable bonds is 9. The molecule has 43 heavy (non-hydrogen) atoms. The number of anilines is 1. The van der Waals surface area contributed by atoms with Gasteiger partial charge in [-0.15, -0.1) is 11.6 Å². The van der Waals surface area contributed by atoms with Crippen molar-refractivity contribution in [3.8, 4) is 0 Å². The molecular formula is C32H45ClFN3O4Si2. The fourth-order valence-electron chi connectivity index (χ4n) is 5.56. The highest BCUT2D eigenvalue weighted by molar-refractivity contribution is 6.99. The van der Waals surface area contributed by atoms with Gasteiger partial charge in [0.25, 0.3) is 8.32 Å². The molecule has 2 heterocycles. The third kappa shape index (κ3) is 6.28. The second-order valence-corrected chi connectivity index (χ2v) is 23.3. The molecule has 4 atom stereocenters. The molecule has 0 radical (unpaired) electrons. The van der Waals surface area contributed by atoms with Gasteiger partial charge in [-0.05, 0) is 39.6 Å². The molecule has 0 spiro atoms. The summed E-state index contributed by atoms with van der Waals surface area (Å²) in [6.07, 6.45) is -2.74. The van der Waals surface area contributed by atoms with Crippen molar-refractivity contribution in [2.24, 2.45) is 0 Å². The first kappa shape index (κ1) is 33.5. The molecule has 4 rings (SSSR count). The van der Waals surface area contributed by atoms with Gasteiger partial charge in [-0.2, -0.15) is 4.98 Å². The molecule has 0 amide bonds. The maximum atomic E-state index is 16.8. The standard InChI is InChI=1S/C32H45ClFN3O4Si2/c1-30(2,3)42(7,8)41-27-26(34)28(37-20-19-25(35)36-29(37)38)40-32(27,21-33)22-39-43(31(4,5)6,23-15-11-9-12-16-23)24-17-13-10-14-18-24/h9-20,26-28H,21-22H2,1-8H3,(H2,35,36,38)/t26?,27-,28?,32-/m1/s1. The van der Waals surface area contributed by atoms with E-state index in [-0.39, 0.29) is 28.4 Å². The summed E-state index contributed by atoms with van der Waals surface area (Å²) in [5.41, 5.74) is 3.61. The molecule has 2 N–H and O–H groups in total. The van der Waals surface area contributed by atoms with Crippen LogP contribution >= 0.6 is 11.6 Å². The van der Waals surface area contributed by atoms with Gasteiger partial charge >= 0.3 is 5.69 Å². The third-order valence-electron chi connectivity index (χ3n) is 8.97. The second kappa shape index (κ2) is 12.2. The Labute approximate surface area is 261 Å². The van der Waals surface area contributed by atoms with E-state index in [1.807, 2.05) is 36.4 Å². The Bertz CT molecular complexity index is 1410. The van der Waals surface area contributed by atoms with Crippen LogP contribution in [0.25, 0.3) is 0 Å². The van der Waals surface area contributed by atoms with Gasteiger partial charge in [0.1, 0.15) is 17.5 Å². The molecule has 1 aromatic heterocycles. The zero-order valence-electron chi connectivity index (χ0n) is 26.4. The van der Waals surface area contributed by atoms with Crippen molar-refractivity contribution in [3.05, 3.63) is 83.4 Å². The molecule has 2 aromatic carbocycles. The van der Waals surface area contributed by atoms with Gasteiger partial charge in [0, 0.05) is 6.20 Å². The van der Waals surface area contributed by atoms with Crippen molar-refractivity contribution < 1.29 is 18.0 Å². The Morgan fingerprint density at radius 1 is 0.977 bits per heavy atom. The first-order valence-electron chi connectivity index (χ1n) is 14.6. The van der Waals surface area contributed by atoms with Crippen LogP contribution in [0.2, 0.25) is 23.2 Å². The smallest absolute Gasteiger partial charge is 0.351 e. The highest BCUT2D eigenvalue weighted by atomic mass is 35.5. The Balaban J connectivity index is 1.87. The van der Waals surface area contributed by atoms with Crippen molar-refractivity contribution in [2.45, 2.75) is 88.8 Å². The van der Waals surface area contributed by atoms with Gasteiger partial charge in [-0.1, -0.05) is 102 Å². The van der Waals surface area contributed by atoms with E-state index in [9.17, 15) is 4.79 Å². The normalized spacial score (nSPS) is 23.4. The average molecular weight is 646 g/mol. The largest absolute Gasteiger partial charge is 0.408 e. The van der Waals surface area contributed by atoms with E-state index in [1.165, 1.54) is 12.3 Å². The highest BCUT2D eigenvalue weighted by Crippen LogP contribution is 2.47. The van der Waals surface area contributed by atoms with Crippen LogP contribution < -0.4 is 21.8 Å². The molecule has 0 aliphatic carbocycles. The SMILES string of the molecule is CC(C)(C)[Si](C)(C)O[C@@H]1C(F)C(n2ccc(N)nc2=O)O[C@]1(CCl)CO[Si](c1ccccc1)(c1ccccc1)C(C)(C)C. The van der Waals surface area contributed by atoms with Gasteiger partial charge in [0.2, 0.25) is 0 Å². The van der Waals surface area contributed by atoms with Crippen molar-refractivity contribution in [2.75, 3.05) is 18.2 Å².